The van der Waals surface area contributed by atoms with Crippen molar-refractivity contribution in [1.82, 2.24) is 10.2 Å². The number of aliphatic hydroxyl groups is 1. The van der Waals surface area contributed by atoms with Crippen LogP contribution in [0.2, 0.25) is 0 Å². The highest BCUT2D eigenvalue weighted by Crippen LogP contribution is 2.33. The number of anilines is 1. The van der Waals surface area contributed by atoms with Gasteiger partial charge in [-0.2, -0.15) is 13.2 Å². The molecule has 0 atom stereocenters. The molecule has 0 spiro atoms. The first-order valence-corrected chi connectivity index (χ1v) is 6.32. The topological polar surface area (TPSA) is 58.0 Å². The summed E-state index contributed by atoms with van der Waals surface area (Å²) in [6, 6.07) is 0. The number of nitrogens with zero attached hydrogens (tertiary/aromatic N) is 2. The Kier molecular flexibility index (Phi) is 4.92. The van der Waals surface area contributed by atoms with E-state index in [1.54, 1.807) is 0 Å². The monoisotopic (exact) mass is 283 g/mol. The molecule has 0 saturated heterocycles. The molecule has 1 heterocycles. The normalized spacial score (nSPS) is 12.8. The highest BCUT2D eigenvalue weighted by Gasteiger charge is 2.35. The second-order valence-electron chi connectivity index (χ2n) is 4.76. The SMILES string of the molecule is CC(C)(CO)CCCNc1nnc(C(F)(F)F)s1. The Hall–Kier alpha value is -0.890. The Bertz CT molecular complexity index is 379. The lowest BCUT2D eigenvalue weighted by molar-refractivity contribution is -0.138. The third-order valence-corrected chi connectivity index (χ3v) is 3.33. The molecule has 0 unspecified atom stereocenters. The number of hydrogen-bond donors (Lipinski definition) is 2. The second kappa shape index (κ2) is 5.83. The van der Waals surface area contributed by atoms with Crippen LogP contribution in [0.5, 0.6) is 0 Å². The Morgan fingerprint density at radius 1 is 1.28 bits per heavy atom. The van der Waals surface area contributed by atoms with Gasteiger partial charge in [0.1, 0.15) is 0 Å². The zero-order chi connectivity index (χ0) is 13.8. The number of aliphatic hydroxyl groups excluding tert-OH is 1. The van der Waals surface area contributed by atoms with Crippen molar-refractivity contribution in [3.05, 3.63) is 5.01 Å². The van der Waals surface area contributed by atoms with Gasteiger partial charge >= 0.3 is 6.18 Å². The van der Waals surface area contributed by atoms with Crippen molar-refractivity contribution in [3.8, 4) is 0 Å². The maximum Gasteiger partial charge on any atom is 0.445 e. The molecule has 4 nitrogen and oxygen atoms in total. The van der Waals surface area contributed by atoms with Crippen molar-refractivity contribution in [1.29, 1.82) is 0 Å². The Morgan fingerprint density at radius 2 is 1.94 bits per heavy atom. The van der Waals surface area contributed by atoms with Crippen LogP contribution in [0.15, 0.2) is 0 Å². The average molecular weight is 283 g/mol. The fourth-order valence-electron chi connectivity index (χ4n) is 1.25. The third-order valence-electron chi connectivity index (χ3n) is 2.40. The molecule has 0 radical (unpaired) electrons. The molecule has 0 fully saturated rings. The average Bonchev–Trinajstić information content (AvgIpc) is 2.73. The van der Waals surface area contributed by atoms with Gasteiger partial charge in [-0.1, -0.05) is 25.2 Å². The van der Waals surface area contributed by atoms with E-state index < -0.39 is 11.2 Å². The van der Waals surface area contributed by atoms with E-state index >= 15 is 0 Å². The molecule has 0 saturated carbocycles. The fourth-order valence-corrected chi connectivity index (χ4v) is 1.89. The van der Waals surface area contributed by atoms with E-state index in [9.17, 15) is 13.2 Å². The fraction of sp³-hybridized carbons (Fsp3) is 0.800. The van der Waals surface area contributed by atoms with Gasteiger partial charge in [-0.25, -0.2) is 0 Å². The Labute approximate surface area is 107 Å². The van der Waals surface area contributed by atoms with Crippen molar-refractivity contribution in [3.63, 3.8) is 0 Å². The molecule has 104 valence electrons. The predicted molar refractivity (Wildman–Crippen MR) is 63.5 cm³/mol. The molecule has 1 rings (SSSR count). The summed E-state index contributed by atoms with van der Waals surface area (Å²) in [6.45, 7) is 4.46. The summed E-state index contributed by atoms with van der Waals surface area (Å²) in [6.07, 6.45) is -2.91. The van der Waals surface area contributed by atoms with Crippen LogP contribution in [0.1, 0.15) is 31.7 Å². The zero-order valence-electron chi connectivity index (χ0n) is 10.2. The molecule has 1 aromatic heterocycles. The second-order valence-corrected chi connectivity index (χ2v) is 5.74. The lowest BCUT2D eigenvalue weighted by atomic mass is 9.89. The summed E-state index contributed by atoms with van der Waals surface area (Å²) in [5, 5.41) is 17.6. The number of rotatable bonds is 6. The molecule has 8 heteroatoms. The van der Waals surface area contributed by atoms with E-state index in [1.165, 1.54) is 0 Å². The van der Waals surface area contributed by atoms with Gasteiger partial charge in [0.05, 0.1) is 0 Å². The summed E-state index contributed by atoms with van der Waals surface area (Å²) in [4.78, 5) is 0. The molecule has 0 amide bonds. The minimum atomic E-state index is -4.43. The van der Waals surface area contributed by atoms with Crippen LogP contribution in [0, 0.1) is 5.41 Å². The van der Waals surface area contributed by atoms with Gasteiger partial charge in [-0.3, -0.25) is 0 Å². The molecule has 0 bridgehead atoms. The smallest absolute Gasteiger partial charge is 0.396 e. The number of hydrogen-bond acceptors (Lipinski definition) is 5. The molecule has 18 heavy (non-hydrogen) atoms. The molecule has 2 N–H and O–H groups in total. The maximum absolute atomic E-state index is 12.2. The van der Waals surface area contributed by atoms with Crippen molar-refractivity contribution < 1.29 is 18.3 Å². The summed E-state index contributed by atoms with van der Waals surface area (Å²) in [7, 11) is 0. The summed E-state index contributed by atoms with van der Waals surface area (Å²) >= 11 is 0.496. The van der Waals surface area contributed by atoms with Crippen molar-refractivity contribution in [2.45, 2.75) is 32.9 Å². The first-order chi connectivity index (χ1) is 8.24. The van der Waals surface area contributed by atoms with E-state index in [1.807, 2.05) is 13.8 Å². The van der Waals surface area contributed by atoms with Crippen LogP contribution >= 0.6 is 11.3 Å². The van der Waals surface area contributed by atoms with E-state index in [0.717, 1.165) is 12.8 Å². The minimum Gasteiger partial charge on any atom is -0.396 e. The highest BCUT2D eigenvalue weighted by molar-refractivity contribution is 7.15. The molecule has 0 aliphatic rings. The van der Waals surface area contributed by atoms with Crippen molar-refractivity contribution >= 4 is 16.5 Å². The first-order valence-electron chi connectivity index (χ1n) is 5.50. The molecule has 1 aromatic rings. The van der Waals surface area contributed by atoms with E-state index in [4.69, 9.17) is 5.11 Å². The summed E-state index contributed by atoms with van der Waals surface area (Å²) in [5.74, 6) is 0. The van der Waals surface area contributed by atoms with E-state index in [2.05, 4.69) is 15.5 Å². The quantitative estimate of drug-likeness (QED) is 0.788. The van der Waals surface area contributed by atoms with Gasteiger partial charge in [-0.15, -0.1) is 10.2 Å². The molecule has 0 aromatic carbocycles. The zero-order valence-corrected chi connectivity index (χ0v) is 11.0. The van der Waals surface area contributed by atoms with Gasteiger partial charge in [0, 0.05) is 13.2 Å². The highest BCUT2D eigenvalue weighted by atomic mass is 32.1. The van der Waals surface area contributed by atoms with Crippen LogP contribution in [-0.2, 0) is 6.18 Å². The molecular formula is C10H16F3N3OS. The van der Waals surface area contributed by atoms with Crippen LogP contribution in [0.4, 0.5) is 18.3 Å². The first kappa shape index (κ1) is 15.2. The third kappa shape index (κ3) is 4.77. The summed E-state index contributed by atoms with van der Waals surface area (Å²) < 4.78 is 36.7. The molecule has 0 aliphatic carbocycles. The van der Waals surface area contributed by atoms with Crippen LogP contribution < -0.4 is 5.32 Å². The van der Waals surface area contributed by atoms with E-state index in [-0.39, 0.29) is 17.2 Å². The molecule has 0 aliphatic heterocycles. The van der Waals surface area contributed by atoms with Crippen LogP contribution in [0.3, 0.4) is 0 Å². The van der Waals surface area contributed by atoms with Crippen LogP contribution in [-0.4, -0.2) is 28.5 Å². The number of halogens is 3. The largest absolute Gasteiger partial charge is 0.445 e. The van der Waals surface area contributed by atoms with Gasteiger partial charge in [-0.05, 0) is 18.3 Å². The Morgan fingerprint density at radius 3 is 2.44 bits per heavy atom. The van der Waals surface area contributed by atoms with Gasteiger partial charge in [0.2, 0.25) is 10.1 Å². The number of nitrogens with one attached hydrogen (secondary N) is 1. The van der Waals surface area contributed by atoms with Crippen molar-refractivity contribution in [2.24, 2.45) is 5.41 Å². The lowest BCUT2D eigenvalue weighted by Gasteiger charge is -2.20. The maximum atomic E-state index is 12.2. The van der Waals surface area contributed by atoms with Gasteiger partial charge < -0.3 is 10.4 Å². The van der Waals surface area contributed by atoms with Gasteiger partial charge in [0.15, 0.2) is 0 Å². The van der Waals surface area contributed by atoms with E-state index in [0.29, 0.717) is 17.9 Å². The van der Waals surface area contributed by atoms with Crippen molar-refractivity contribution in [2.75, 3.05) is 18.5 Å². The van der Waals surface area contributed by atoms with Gasteiger partial charge in [0.25, 0.3) is 0 Å². The lowest BCUT2D eigenvalue weighted by Crippen LogP contribution is -2.17. The number of aromatic nitrogens is 2. The van der Waals surface area contributed by atoms with Crippen LogP contribution in [0.25, 0.3) is 0 Å². The number of alkyl halides is 3. The summed E-state index contributed by atoms with van der Waals surface area (Å²) in [5.41, 5.74) is -0.167. The minimum absolute atomic E-state index is 0.0873. The standard InChI is InChI=1S/C10H16F3N3OS/c1-9(2,6-17)4-3-5-14-8-16-15-7(18-8)10(11,12)13/h17H,3-6H2,1-2H3,(H,14,16). The molecular weight excluding hydrogens is 267 g/mol. The predicted octanol–water partition coefficient (Wildman–Crippen LogP) is 2.77. The Balaban J connectivity index is 2.35.